The summed E-state index contributed by atoms with van der Waals surface area (Å²) in [6, 6.07) is 13.0. The molecule has 1 aliphatic rings. The van der Waals surface area contributed by atoms with Crippen LogP contribution in [0.5, 0.6) is 5.75 Å². The Labute approximate surface area is 233 Å². The lowest BCUT2D eigenvalue weighted by Gasteiger charge is -2.36. The summed E-state index contributed by atoms with van der Waals surface area (Å²) in [7, 11) is 8.24. The molecule has 1 aliphatic heterocycles. The van der Waals surface area contributed by atoms with Crippen molar-refractivity contribution in [1.82, 2.24) is 14.1 Å². The van der Waals surface area contributed by atoms with E-state index in [0.717, 1.165) is 40.4 Å². The number of piperidine rings is 1. The molecule has 2 aromatic carbocycles. The molecule has 8 heteroatoms. The number of carbonyl (C=O) groups excluding carboxylic acids is 1. The molecule has 0 bridgehead atoms. The van der Waals surface area contributed by atoms with E-state index in [4.69, 9.17) is 4.74 Å². The van der Waals surface area contributed by atoms with Gasteiger partial charge in [-0.1, -0.05) is 26.0 Å². The third-order valence-corrected chi connectivity index (χ3v) is 8.85. The van der Waals surface area contributed by atoms with Gasteiger partial charge in [-0.3, -0.25) is 4.79 Å². The number of nitrogens with zero attached hydrogens (tertiary/aromatic N) is 4. The highest BCUT2D eigenvalue weighted by Gasteiger charge is 2.21. The van der Waals surface area contributed by atoms with E-state index in [-0.39, 0.29) is 5.91 Å². The SMILES string of the molecule is CC.COc1cc(C)c(S(=O)N(C)CCC(=O)N(C)Cc2ccc(N3CCC(N(C)C)CC3)cc2)c(C)c1. The molecule has 1 fully saturated rings. The van der Waals surface area contributed by atoms with Crippen molar-refractivity contribution >= 4 is 22.6 Å². The van der Waals surface area contributed by atoms with E-state index in [1.165, 1.54) is 18.5 Å². The van der Waals surface area contributed by atoms with Gasteiger partial charge in [0.15, 0.2) is 0 Å². The lowest BCUT2D eigenvalue weighted by Crippen LogP contribution is -2.41. The van der Waals surface area contributed by atoms with E-state index in [0.29, 0.717) is 25.6 Å². The largest absolute Gasteiger partial charge is 0.497 e. The van der Waals surface area contributed by atoms with E-state index in [1.54, 1.807) is 23.4 Å². The molecule has 0 radical (unpaired) electrons. The third kappa shape index (κ3) is 8.55. The molecule has 1 saturated heterocycles. The molecule has 1 heterocycles. The number of hydrogen-bond donors (Lipinski definition) is 0. The molecule has 0 aromatic heterocycles. The van der Waals surface area contributed by atoms with E-state index in [9.17, 15) is 9.00 Å². The summed E-state index contributed by atoms with van der Waals surface area (Å²) in [6.07, 6.45) is 2.68. The van der Waals surface area contributed by atoms with Crippen LogP contribution < -0.4 is 9.64 Å². The monoisotopic (exact) mass is 544 g/mol. The van der Waals surface area contributed by atoms with Crippen LogP contribution in [-0.2, 0) is 22.3 Å². The van der Waals surface area contributed by atoms with Gasteiger partial charge in [0.1, 0.15) is 16.7 Å². The van der Waals surface area contributed by atoms with Crippen LogP contribution in [0, 0.1) is 13.8 Å². The second kappa shape index (κ2) is 15.2. The van der Waals surface area contributed by atoms with Crippen LogP contribution in [0.2, 0.25) is 0 Å². The number of hydrogen-bond acceptors (Lipinski definition) is 5. The Balaban J connectivity index is 0.00000247. The van der Waals surface area contributed by atoms with Crippen LogP contribution in [0.15, 0.2) is 41.3 Å². The number of methoxy groups -OCH3 is 1. The predicted octanol–water partition coefficient (Wildman–Crippen LogP) is 4.87. The van der Waals surface area contributed by atoms with Gasteiger partial charge < -0.3 is 19.4 Å². The number of ether oxygens (including phenoxy) is 1. The summed E-state index contributed by atoms with van der Waals surface area (Å²) in [6.45, 7) is 11.0. The van der Waals surface area contributed by atoms with Crippen LogP contribution in [0.1, 0.15) is 49.8 Å². The first kappa shape index (κ1) is 31.8. The second-order valence-electron chi connectivity index (χ2n) is 10.0. The number of aryl methyl sites for hydroxylation is 2. The molecule has 38 heavy (non-hydrogen) atoms. The molecule has 2 aromatic rings. The van der Waals surface area contributed by atoms with Crippen LogP contribution in [0.3, 0.4) is 0 Å². The summed E-state index contributed by atoms with van der Waals surface area (Å²) >= 11 is 0. The van der Waals surface area contributed by atoms with Crippen molar-refractivity contribution in [2.75, 3.05) is 59.8 Å². The van der Waals surface area contributed by atoms with Crippen molar-refractivity contribution in [1.29, 1.82) is 0 Å². The number of amides is 1. The maximum absolute atomic E-state index is 13.1. The lowest BCUT2D eigenvalue weighted by molar-refractivity contribution is -0.130. The average molecular weight is 545 g/mol. The summed E-state index contributed by atoms with van der Waals surface area (Å²) in [5.41, 5.74) is 4.20. The van der Waals surface area contributed by atoms with Gasteiger partial charge in [0.2, 0.25) is 5.91 Å². The van der Waals surface area contributed by atoms with Crippen molar-refractivity contribution in [2.24, 2.45) is 0 Å². The predicted molar refractivity (Wildman–Crippen MR) is 159 cm³/mol. The van der Waals surface area contributed by atoms with Crippen molar-refractivity contribution in [3.63, 3.8) is 0 Å². The lowest BCUT2D eigenvalue weighted by atomic mass is 10.0. The Morgan fingerprint density at radius 1 is 1.00 bits per heavy atom. The van der Waals surface area contributed by atoms with E-state index in [1.807, 2.05) is 46.9 Å². The van der Waals surface area contributed by atoms with Crippen LogP contribution >= 0.6 is 0 Å². The molecule has 1 unspecified atom stereocenters. The Morgan fingerprint density at radius 2 is 1.55 bits per heavy atom. The first-order valence-electron chi connectivity index (χ1n) is 13.6. The van der Waals surface area contributed by atoms with Crippen molar-refractivity contribution < 1.29 is 13.7 Å². The molecule has 0 N–H and O–H groups in total. The minimum absolute atomic E-state index is 0.0388. The minimum Gasteiger partial charge on any atom is -0.497 e. The number of anilines is 1. The summed E-state index contributed by atoms with van der Waals surface area (Å²) in [5, 5.41) is 0. The van der Waals surface area contributed by atoms with Gasteiger partial charge in [-0.2, -0.15) is 0 Å². The van der Waals surface area contributed by atoms with Crippen LogP contribution in [0.4, 0.5) is 5.69 Å². The minimum atomic E-state index is -1.34. The second-order valence-corrected chi connectivity index (χ2v) is 11.6. The molecule has 1 atom stereocenters. The first-order valence-corrected chi connectivity index (χ1v) is 14.7. The van der Waals surface area contributed by atoms with Gasteiger partial charge in [0, 0.05) is 58.4 Å². The van der Waals surface area contributed by atoms with Gasteiger partial charge in [-0.05, 0) is 81.7 Å². The zero-order valence-electron chi connectivity index (χ0n) is 24.9. The number of benzene rings is 2. The topological polar surface area (TPSA) is 56.3 Å². The highest BCUT2D eigenvalue weighted by molar-refractivity contribution is 7.82. The van der Waals surface area contributed by atoms with Gasteiger partial charge in [-0.25, -0.2) is 8.51 Å². The molecular weight excluding hydrogens is 496 g/mol. The fourth-order valence-corrected chi connectivity index (χ4v) is 6.04. The molecule has 212 valence electrons. The molecule has 0 aliphatic carbocycles. The third-order valence-electron chi connectivity index (χ3n) is 7.11. The number of carbonyl (C=O) groups is 1. The van der Waals surface area contributed by atoms with Crippen molar-refractivity contribution in [2.45, 2.75) is 64.4 Å². The highest BCUT2D eigenvalue weighted by Crippen LogP contribution is 2.26. The zero-order valence-corrected chi connectivity index (χ0v) is 25.7. The van der Waals surface area contributed by atoms with E-state index < -0.39 is 11.0 Å². The van der Waals surface area contributed by atoms with Gasteiger partial charge in [-0.15, -0.1) is 0 Å². The first-order chi connectivity index (χ1) is 18.1. The quantitative estimate of drug-likeness (QED) is 0.427. The van der Waals surface area contributed by atoms with Crippen LogP contribution in [0.25, 0.3) is 0 Å². The molecule has 3 rings (SSSR count). The smallest absolute Gasteiger partial charge is 0.223 e. The fraction of sp³-hybridized carbons (Fsp3) is 0.567. The molecule has 0 saturated carbocycles. The molecule has 7 nitrogen and oxygen atoms in total. The van der Waals surface area contributed by atoms with Gasteiger partial charge >= 0.3 is 0 Å². The normalized spacial score (nSPS) is 14.8. The molecule has 1 amide bonds. The Kier molecular flexibility index (Phi) is 12.8. The summed E-state index contributed by atoms with van der Waals surface area (Å²) in [5.74, 6) is 0.795. The van der Waals surface area contributed by atoms with Gasteiger partial charge in [0.25, 0.3) is 0 Å². The standard InChI is InChI=1S/C28H42N4O3S.C2H6/c1-21-18-26(35-7)19-22(2)28(21)36(34)31(6)15-14-27(33)30(5)20-23-8-10-25(11-9-23)32-16-12-24(13-17-32)29(3)4;1-2/h8-11,18-19,24H,12-17,20H2,1-7H3;1-2H3. The fourth-order valence-electron chi connectivity index (χ4n) is 4.80. The Morgan fingerprint density at radius 3 is 2.05 bits per heavy atom. The summed E-state index contributed by atoms with van der Waals surface area (Å²) < 4.78 is 20.2. The van der Waals surface area contributed by atoms with Crippen LogP contribution in [-0.4, -0.2) is 85.2 Å². The molecular formula is C30H48N4O3S. The van der Waals surface area contributed by atoms with E-state index in [2.05, 4.69) is 48.2 Å². The maximum atomic E-state index is 13.1. The van der Waals surface area contributed by atoms with Crippen molar-refractivity contribution in [3.8, 4) is 5.75 Å². The van der Waals surface area contributed by atoms with Gasteiger partial charge in [0.05, 0.1) is 12.0 Å². The highest BCUT2D eigenvalue weighted by atomic mass is 32.2. The zero-order chi connectivity index (χ0) is 28.4. The number of rotatable bonds is 10. The van der Waals surface area contributed by atoms with Crippen molar-refractivity contribution in [3.05, 3.63) is 53.1 Å². The average Bonchev–Trinajstić information content (AvgIpc) is 2.92. The van der Waals surface area contributed by atoms with E-state index >= 15 is 0 Å². The summed E-state index contributed by atoms with van der Waals surface area (Å²) in [4.78, 5) is 20.1. The Hall–Kier alpha value is -2.42. The molecule has 0 spiro atoms. The Bertz CT molecular complexity index is 1030. The maximum Gasteiger partial charge on any atom is 0.223 e.